The van der Waals surface area contributed by atoms with Gasteiger partial charge in [0.1, 0.15) is 11.6 Å². The first kappa shape index (κ1) is 13.3. The van der Waals surface area contributed by atoms with Crippen molar-refractivity contribution in [3.63, 3.8) is 0 Å². The summed E-state index contributed by atoms with van der Waals surface area (Å²) in [6.07, 6.45) is 0. The van der Waals surface area contributed by atoms with E-state index in [1.54, 1.807) is 13.0 Å². The van der Waals surface area contributed by atoms with Gasteiger partial charge in [-0.05, 0) is 30.7 Å². The van der Waals surface area contributed by atoms with Crippen LogP contribution in [-0.2, 0) is 0 Å². The molecule has 5 heteroatoms. The van der Waals surface area contributed by atoms with E-state index in [0.717, 1.165) is 12.1 Å². The highest BCUT2D eigenvalue weighted by Gasteiger charge is 2.13. The number of hydrogen-bond acceptors (Lipinski definition) is 2. The molecule has 0 radical (unpaired) electrons. The molecule has 0 fully saturated rings. The fourth-order valence-electron chi connectivity index (χ4n) is 1.53. The molecule has 0 saturated carbocycles. The number of halogens is 3. The van der Waals surface area contributed by atoms with Crippen molar-refractivity contribution in [1.82, 2.24) is 0 Å². The summed E-state index contributed by atoms with van der Waals surface area (Å²) < 4.78 is 32.3. The van der Waals surface area contributed by atoms with Crippen molar-refractivity contribution in [2.45, 2.75) is 6.92 Å². The maximum absolute atomic E-state index is 13.9. The SMILES string of the molecule is Cc1ccc(Cl)c(Oc2cc(F)cc(C#N)c2)c1F. The zero-order valence-electron chi connectivity index (χ0n) is 9.88. The lowest BCUT2D eigenvalue weighted by Crippen LogP contribution is -1.93. The summed E-state index contributed by atoms with van der Waals surface area (Å²) >= 11 is 5.84. The molecule has 0 atom stereocenters. The van der Waals surface area contributed by atoms with Crippen LogP contribution in [0.1, 0.15) is 11.1 Å². The third kappa shape index (κ3) is 2.83. The van der Waals surface area contributed by atoms with Gasteiger partial charge in [-0.1, -0.05) is 17.7 Å². The van der Waals surface area contributed by atoms with Crippen LogP contribution in [0, 0.1) is 29.9 Å². The monoisotopic (exact) mass is 279 g/mol. The summed E-state index contributed by atoms with van der Waals surface area (Å²) in [5.41, 5.74) is 0.440. The second kappa shape index (κ2) is 5.25. The topological polar surface area (TPSA) is 33.0 Å². The van der Waals surface area contributed by atoms with E-state index in [2.05, 4.69) is 0 Å². The van der Waals surface area contributed by atoms with Gasteiger partial charge in [-0.15, -0.1) is 0 Å². The van der Waals surface area contributed by atoms with Gasteiger partial charge in [-0.2, -0.15) is 5.26 Å². The largest absolute Gasteiger partial charge is 0.453 e. The fraction of sp³-hybridized carbons (Fsp3) is 0.0714. The summed E-state index contributed by atoms with van der Waals surface area (Å²) in [6.45, 7) is 1.56. The quantitative estimate of drug-likeness (QED) is 0.805. The van der Waals surface area contributed by atoms with Crippen LogP contribution in [0.3, 0.4) is 0 Å². The molecular weight excluding hydrogens is 272 g/mol. The van der Waals surface area contributed by atoms with Crippen LogP contribution >= 0.6 is 11.6 Å². The van der Waals surface area contributed by atoms with Gasteiger partial charge >= 0.3 is 0 Å². The summed E-state index contributed by atoms with van der Waals surface area (Å²) in [7, 11) is 0. The number of ether oxygens (including phenoxy) is 1. The Morgan fingerprint density at radius 1 is 1.21 bits per heavy atom. The van der Waals surface area contributed by atoms with Crippen LogP contribution in [0.4, 0.5) is 8.78 Å². The van der Waals surface area contributed by atoms with E-state index in [-0.39, 0.29) is 22.1 Å². The van der Waals surface area contributed by atoms with E-state index in [1.165, 1.54) is 18.2 Å². The number of nitriles is 1. The smallest absolute Gasteiger partial charge is 0.181 e. The molecule has 0 bridgehead atoms. The second-order valence-electron chi connectivity index (χ2n) is 3.90. The highest BCUT2D eigenvalue weighted by Crippen LogP contribution is 2.34. The van der Waals surface area contributed by atoms with Crippen LogP contribution < -0.4 is 4.74 Å². The molecule has 0 N–H and O–H groups in total. The third-order valence-electron chi connectivity index (χ3n) is 2.46. The lowest BCUT2D eigenvalue weighted by Gasteiger charge is -2.10. The average molecular weight is 280 g/mol. The first-order chi connectivity index (χ1) is 9.01. The van der Waals surface area contributed by atoms with Crippen molar-refractivity contribution in [2.75, 3.05) is 0 Å². The van der Waals surface area contributed by atoms with Gasteiger partial charge in [0.15, 0.2) is 11.6 Å². The van der Waals surface area contributed by atoms with Gasteiger partial charge < -0.3 is 4.74 Å². The van der Waals surface area contributed by atoms with E-state index < -0.39 is 11.6 Å². The van der Waals surface area contributed by atoms with Crippen LogP contribution in [0.25, 0.3) is 0 Å². The second-order valence-corrected chi connectivity index (χ2v) is 4.30. The van der Waals surface area contributed by atoms with Crippen LogP contribution in [0.15, 0.2) is 30.3 Å². The Kier molecular flexibility index (Phi) is 3.68. The Balaban J connectivity index is 2.45. The fourth-order valence-corrected chi connectivity index (χ4v) is 1.71. The minimum Gasteiger partial charge on any atom is -0.453 e. The van der Waals surface area contributed by atoms with E-state index in [1.807, 2.05) is 0 Å². The molecule has 0 saturated heterocycles. The number of benzene rings is 2. The molecular formula is C14H8ClF2NO. The molecule has 2 nitrogen and oxygen atoms in total. The zero-order chi connectivity index (χ0) is 14.0. The molecule has 0 aliphatic carbocycles. The van der Waals surface area contributed by atoms with Gasteiger partial charge in [0.05, 0.1) is 16.7 Å². The van der Waals surface area contributed by atoms with Crippen molar-refractivity contribution in [3.05, 3.63) is 58.1 Å². The Bertz CT molecular complexity index is 680. The molecule has 0 heterocycles. The summed E-state index contributed by atoms with van der Waals surface area (Å²) in [6, 6.07) is 8.20. The number of aryl methyl sites for hydroxylation is 1. The normalized spacial score (nSPS) is 10.1. The molecule has 0 aliphatic rings. The van der Waals surface area contributed by atoms with Gasteiger partial charge in [-0.25, -0.2) is 8.78 Å². The lowest BCUT2D eigenvalue weighted by molar-refractivity contribution is 0.437. The maximum Gasteiger partial charge on any atom is 0.181 e. The van der Waals surface area contributed by atoms with Crippen molar-refractivity contribution >= 4 is 11.6 Å². The number of nitrogens with zero attached hydrogens (tertiary/aromatic N) is 1. The molecule has 0 aromatic heterocycles. The Hall–Kier alpha value is -2.12. The summed E-state index contributed by atoms with van der Waals surface area (Å²) in [5.74, 6) is -1.42. The van der Waals surface area contributed by atoms with Crippen molar-refractivity contribution in [3.8, 4) is 17.6 Å². The minimum atomic E-state index is -0.641. The van der Waals surface area contributed by atoms with Crippen LogP contribution in [-0.4, -0.2) is 0 Å². The molecule has 19 heavy (non-hydrogen) atoms. The first-order valence-corrected chi connectivity index (χ1v) is 5.72. The van der Waals surface area contributed by atoms with Gasteiger partial charge in [-0.3, -0.25) is 0 Å². The van der Waals surface area contributed by atoms with Gasteiger partial charge in [0.2, 0.25) is 0 Å². The lowest BCUT2D eigenvalue weighted by atomic mass is 10.2. The molecule has 0 amide bonds. The highest BCUT2D eigenvalue weighted by molar-refractivity contribution is 6.32. The number of hydrogen-bond donors (Lipinski definition) is 0. The Labute approximate surface area is 113 Å². The van der Waals surface area contributed by atoms with Crippen molar-refractivity contribution in [2.24, 2.45) is 0 Å². The highest BCUT2D eigenvalue weighted by atomic mass is 35.5. The summed E-state index contributed by atoms with van der Waals surface area (Å²) in [5, 5.41) is 8.81. The molecule has 96 valence electrons. The molecule has 2 aromatic carbocycles. The van der Waals surface area contributed by atoms with Crippen molar-refractivity contribution in [1.29, 1.82) is 5.26 Å². The van der Waals surface area contributed by atoms with E-state index in [9.17, 15) is 8.78 Å². The molecule has 0 unspecified atom stereocenters. The van der Waals surface area contributed by atoms with E-state index in [4.69, 9.17) is 21.6 Å². The van der Waals surface area contributed by atoms with Crippen molar-refractivity contribution < 1.29 is 13.5 Å². The Morgan fingerprint density at radius 2 is 1.95 bits per heavy atom. The van der Waals surface area contributed by atoms with Crippen LogP contribution in [0.5, 0.6) is 11.5 Å². The predicted molar refractivity (Wildman–Crippen MR) is 67.3 cm³/mol. The molecule has 0 aliphatic heterocycles. The van der Waals surface area contributed by atoms with E-state index in [0.29, 0.717) is 5.56 Å². The molecule has 2 aromatic rings. The third-order valence-corrected chi connectivity index (χ3v) is 2.76. The minimum absolute atomic E-state index is 0.0166. The first-order valence-electron chi connectivity index (χ1n) is 5.34. The van der Waals surface area contributed by atoms with E-state index >= 15 is 0 Å². The summed E-state index contributed by atoms with van der Waals surface area (Å²) in [4.78, 5) is 0. The predicted octanol–water partition coefficient (Wildman–Crippen LogP) is 4.59. The van der Waals surface area contributed by atoms with Gasteiger partial charge in [0.25, 0.3) is 0 Å². The van der Waals surface area contributed by atoms with Gasteiger partial charge in [0, 0.05) is 6.07 Å². The standard InChI is InChI=1S/C14H8ClF2NO/c1-8-2-3-12(15)14(13(8)17)19-11-5-9(7-18)4-10(16)6-11/h2-6H,1H3. The maximum atomic E-state index is 13.9. The molecule has 0 spiro atoms. The molecule has 2 rings (SSSR count). The zero-order valence-corrected chi connectivity index (χ0v) is 10.6. The Morgan fingerprint density at radius 3 is 2.63 bits per heavy atom. The number of rotatable bonds is 2. The average Bonchev–Trinajstić information content (AvgIpc) is 2.38. The van der Waals surface area contributed by atoms with Crippen LogP contribution in [0.2, 0.25) is 5.02 Å².